The smallest absolute Gasteiger partial charge is 0.258 e. The average Bonchev–Trinajstić information content (AvgIpc) is 2.99. The second kappa shape index (κ2) is 5.67. The summed E-state index contributed by atoms with van der Waals surface area (Å²) in [5.74, 6) is 1.13. The molecule has 0 saturated carbocycles. The molecule has 0 unspecified atom stereocenters. The summed E-state index contributed by atoms with van der Waals surface area (Å²) in [6.07, 6.45) is 0.874. The van der Waals surface area contributed by atoms with Gasteiger partial charge in [-0.3, -0.25) is 0 Å². The molecule has 2 N–H and O–H groups in total. The fourth-order valence-electron chi connectivity index (χ4n) is 2.03. The minimum absolute atomic E-state index is 0.531. The van der Waals surface area contributed by atoms with Gasteiger partial charge in [-0.05, 0) is 30.7 Å². The highest BCUT2D eigenvalue weighted by Crippen LogP contribution is 2.22. The molecule has 3 aromatic rings. The number of rotatable bonds is 4. The van der Waals surface area contributed by atoms with E-state index in [4.69, 9.17) is 10.3 Å². The third-order valence-electron chi connectivity index (χ3n) is 3.09. The van der Waals surface area contributed by atoms with E-state index in [9.17, 15) is 0 Å². The van der Waals surface area contributed by atoms with Crippen molar-refractivity contribution in [3.63, 3.8) is 0 Å². The molecule has 2 aromatic carbocycles. The summed E-state index contributed by atoms with van der Waals surface area (Å²) in [7, 11) is 0. The van der Waals surface area contributed by atoms with Crippen LogP contribution in [0.3, 0.4) is 0 Å². The highest BCUT2D eigenvalue weighted by molar-refractivity contribution is 5.59. The molecular formula is C16H15N3O. The molecule has 0 atom stereocenters. The van der Waals surface area contributed by atoms with E-state index in [1.54, 1.807) is 0 Å². The Morgan fingerprint density at radius 1 is 0.900 bits per heavy atom. The quantitative estimate of drug-likeness (QED) is 0.787. The minimum Gasteiger partial charge on any atom is -0.334 e. The fraction of sp³-hybridized carbons (Fsp3) is 0.125. The molecule has 0 saturated heterocycles. The second-order valence-corrected chi connectivity index (χ2v) is 4.52. The first-order chi connectivity index (χ1) is 9.86. The van der Waals surface area contributed by atoms with Crippen molar-refractivity contribution in [3.05, 3.63) is 60.2 Å². The van der Waals surface area contributed by atoms with Gasteiger partial charge in [0, 0.05) is 11.1 Å². The molecule has 1 heterocycles. The van der Waals surface area contributed by atoms with Crippen LogP contribution in [0, 0.1) is 0 Å². The fourth-order valence-corrected chi connectivity index (χ4v) is 2.03. The van der Waals surface area contributed by atoms with Crippen LogP contribution in [0.2, 0.25) is 0 Å². The van der Waals surface area contributed by atoms with Gasteiger partial charge in [0.25, 0.3) is 5.89 Å². The van der Waals surface area contributed by atoms with Crippen molar-refractivity contribution >= 4 is 0 Å². The number of benzene rings is 2. The van der Waals surface area contributed by atoms with Crippen molar-refractivity contribution < 1.29 is 4.52 Å². The third-order valence-corrected chi connectivity index (χ3v) is 3.09. The largest absolute Gasteiger partial charge is 0.334 e. The minimum atomic E-state index is 0.531. The molecule has 0 spiro atoms. The Balaban J connectivity index is 1.86. The van der Waals surface area contributed by atoms with Gasteiger partial charge in [0.1, 0.15) is 0 Å². The zero-order valence-corrected chi connectivity index (χ0v) is 11.0. The van der Waals surface area contributed by atoms with Crippen LogP contribution < -0.4 is 5.73 Å². The molecule has 1 aromatic heterocycles. The van der Waals surface area contributed by atoms with E-state index < -0.39 is 0 Å². The summed E-state index contributed by atoms with van der Waals surface area (Å²) in [6.45, 7) is 0.651. The van der Waals surface area contributed by atoms with Gasteiger partial charge in [0.05, 0.1) is 0 Å². The molecule has 100 valence electrons. The average molecular weight is 265 g/mol. The van der Waals surface area contributed by atoms with E-state index in [0.717, 1.165) is 17.5 Å². The molecule has 0 fully saturated rings. The molecule has 20 heavy (non-hydrogen) atoms. The molecule has 0 aliphatic carbocycles. The zero-order chi connectivity index (χ0) is 13.8. The molecular weight excluding hydrogens is 250 g/mol. The number of hydrogen-bond donors (Lipinski definition) is 1. The Bertz CT molecular complexity index is 674. The molecule has 4 nitrogen and oxygen atoms in total. The Morgan fingerprint density at radius 2 is 1.65 bits per heavy atom. The molecule has 0 aliphatic heterocycles. The predicted octanol–water partition coefficient (Wildman–Crippen LogP) is 2.90. The first kappa shape index (κ1) is 12.6. The van der Waals surface area contributed by atoms with Gasteiger partial charge in [-0.15, -0.1) is 0 Å². The van der Waals surface area contributed by atoms with Crippen molar-refractivity contribution in [2.45, 2.75) is 6.42 Å². The van der Waals surface area contributed by atoms with Gasteiger partial charge in [-0.1, -0.05) is 47.6 Å². The lowest BCUT2D eigenvalue weighted by Crippen LogP contribution is -2.02. The van der Waals surface area contributed by atoms with Crippen LogP contribution in [0.5, 0.6) is 0 Å². The van der Waals surface area contributed by atoms with E-state index in [1.165, 1.54) is 5.56 Å². The summed E-state index contributed by atoms with van der Waals surface area (Å²) in [4.78, 5) is 4.42. The maximum absolute atomic E-state index is 5.54. The maximum atomic E-state index is 5.54. The molecule has 0 amide bonds. The zero-order valence-electron chi connectivity index (χ0n) is 11.0. The Morgan fingerprint density at radius 3 is 2.35 bits per heavy atom. The van der Waals surface area contributed by atoms with Gasteiger partial charge in [-0.2, -0.15) is 4.98 Å². The van der Waals surface area contributed by atoms with E-state index in [0.29, 0.717) is 18.3 Å². The van der Waals surface area contributed by atoms with Gasteiger partial charge >= 0.3 is 0 Å². The highest BCUT2D eigenvalue weighted by atomic mass is 16.5. The van der Waals surface area contributed by atoms with Crippen molar-refractivity contribution in [2.24, 2.45) is 5.73 Å². The lowest BCUT2D eigenvalue weighted by molar-refractivity contribution is 0.432. The number of hydrogen-bond acceptors (Lipinski definition) is 4. The summed E-state index contributed by atoms with van der Waals surface area (Å²) in [6, 6.07) is 17.8. The second-order valence-electron chi connectivity index (χ2n) is 4.52. The topological polar surface area (TPSA) is 64.9 Å². The summed E-state index contributed by atoms with van der Waals surface area (Å²) < 4.78 is 5.32. The lowest BCUT2D eigenvalue weighted by Gasteiger charge is -1.99. The monoisotopic (exact) mass is 265 g/mol. The van der Waals surface area contributed by atoms with Crippen molar-refractivity contribution in [3.8, 4) is 22.8 Å². The van der Waals surface area contributed by atoms with Crippen LogP contribution in [-0.2, 0) is 6.42 Å². The first-order valence-electron chi connectivity index (χ1n) is 6.55. The highest BCUT2D eigenvalue weighted by Gasteiger charge is 2.09. The van der Waals surface area contributed by atoms with Crippen molar-refractivity contribution in [1.82, 2.24) is 10.1 Å². The van der Waals surface area contributed by atoms with E-state index in [-0.39, 0.29) is 0 Å². The van der Waals surface area contributed by atoms with E-state index in [2.05, 4.69) is 10.1 Å². The van der Waals surface area contributed by atoms with E-state index >= 15 is 0 Å². The van der Waals surface area contributed by atoms with E-state index in [1.807, 2.05) is 54.6 Å². The number of aromatic nitrogens is 2. The van der Waals surface area contributed by atoms with Crippen LogP contribution in [0.25, 0.3) is 22.8 Å². The standard InChI is InChI=1S/C16H15N3O/c17-11-10-12-6-8-14(9-7-12)16-18-15(19-20-16)13-4-2-1-3-5-13/h1-9H,10-11,17H2. The van der Waals surface area contributed by atoms with Crippen LogP contribution in [-0.4, -0.2) is 16.7 Å². The van der Waals surface area contributed by atoms with Crippen LogP contribution >= 0.6 is 0 Å². The number of nitrogens with two attached hydrogens (primary N) is 1. The van der Waals surface area contributed by atoms with Gasteiger partial charge in [0.15, 0.2) is 0 Å². The van der Waals surface area contributed by atoms with Crippen LogP contribution in [0.1, 0.15) is 5.56 Å². The molecule has 4 heteroatoms. The Kier molecular flexibility index (Phi) is 3.56. The SMILES string of the molecule is NCCc1ccc(-c2nc(-c3ccccc3)no2)cc1. The predicted molar refractivity (Wildman–Crippen MR) is 77.9 cm³/mol. The summed E-state index contributed by atoms with van der Waals surface area (Å²) >= 11 is 0. The van der Waals surface area contributed by atoms with Gasteiger partial charge in [0.2, 0.25) is 5.82 Å². The van der Waals surface area contributed by atoms with Crippen molar-refractivity contribution in [2.75, 3.05) is 6.54 Å². The molecule has 3 rings (SSSR count). The Hall–Kier alpha value is -2.46. The van der Waals surface area contributed by atoms with Gasteiger partial charge < -0.3 is 10.3 Å². The normalized spacial score (nSPS) is 10.7. The molecule has 0 radical (unpaired) electrons. The van der Waals surface area contributed by atoms with Crippen molar-refractivity contribution in [1.29, 1.82) is 0 Å². The van der Waals surface area contributed by atoms with Crippen LogP contribution in [0.4, 0.5) is 0 Å². The molecule has 0 aliphatic rings. The first-order valence-corrected chi connectivity index (χ1v) is 6.55. The summed E-state index contributed by atoms with van der Waals surface area (Å²) in [5, 5.41) is 4.02. The lowest BCUT2D eigenvalue weighted by atomic mass is 10.1. The maximum Gasteiger partial charge on any atom is 0.258 e. The third kappa shape index (κ3) is 2.60. The molecule has 0 bridgehead atoms. The summed E-state index contributed by atoms with van der Waals surface area (Å²) in [5.41, 5.74) is 8.61. The van der Waals surface area contributed by atoms with Crippen LogP contribution in [0.15, 0.2) is 59.1 Å². The Labute approximate surface area is 117 Å². The number of nitrogens with zero attached hydrogens (tertiary/aromatic N) is 2. The van der Waals surface area contributed by atoms with Gasteiger partial charge in [-0.25, -0.2) is 0 Å².